The zero-order chi connectivity index (χ0) is 24.5. The van der Waals surface area contributed by atoms with Crippen LogP contribution in [0.1, 0.15) is 10.5 Å². The number of nitrogens with zero attached hydrogens (tertiary/aromatic N) is 3. The molecule has 0 atom stereocenters. The summed E-state index contributed by atoms with van der Waals surface area (Å²) in [6, 6.07) is 12.5. The number of aromatic nitrogens is 4. The molecule has 0 fully saturated rings. The molecule has 0 saturated carbocycles. The highest BCUT2D eigenvalue weighted by Crippen LogP contribution is 2.31. The van der Waals surface area contributed by atoms with Gasteiger partial charge in [-0.2, -0.15) is 5.10 Å². The van der Waals surface area contributed by atoms with Crippen LogP contribution in [0.25, 0.3) is 16.7 Å². The number of rotatable bonds is 5. The molecule has 11 heteroatoms. The standard InChI is InChI=1S/C24H14BrF2N5O3/c25-13-1-3-18(16(26)11-13)32-10-7-19(33)22(31-32)24(34)30-14-2-4-21(17(27)12-14)35-20-6-9-29-23-15(20)5-8-28-23/h1-12H,(H,28,29)(H,30,34). The van der Waals surface area contributed by atoms with Crippen molar-refractivity contribution in [2.24, 2.45) is 0 Å². The lowest BCUT2D eigenvalue weighted by atomic mass is 10.2. The number of carbonyl (C=O) groups is 1. The second-order valence-electron chi connectivity index (χ2n) is 7.32. The van der Waals surface area contributed by atoms with Crippen LogP contribution in [0.4, 0.5) is 14.5 Å². The van der Waals surface area contributed by atoms with Crippen molar-refractivity contribution >= 4 is 38.6 Å². The number of H-pyrrole nitrogens is 1. The fourth-order valence-corrected chi connectivity index (χ4v) is 3.69. The molecule has 0 bridgehead atoms. The number of halogens is 3. The minimum absolute atomic E-state index is 0.0439. The van der Waals surface area contributed by atoms with Crippen molar-refractivity contribution < 1.29 is 18.3 Å². The smallest absolute Gasteiger partial charge is 0.280 e. The van der Waals surface area contributed by atoms with E-state index in [0.717, 1.165) is 16.8 Å². The van der Waals surface area contributed by atoms with E-state index in [9.17, 15) is 18.4 Å². The molecule has 2 N–H and O–H groups in total. The number of nitrogens with one attached hydrogen (secondary N) is 2. The van der Waals surface area contributed by atoms with Crippen molar-refractivity contribution in [3.8, 4) is 17.2 Å². The molecule has 2 aromatic carbocycles. The lowest BCUT2D eigenvalue weighted by molar-refractivity contribution is 0.101. The Morgan fingerprint density at radius 1 is 1.03 bits per heavy atom. The average molecular weight is 538 g/mol. The summed E-state index contributed by atoms with van der Waals surface area (Å²) in [4.78, 5) is 32.0. The zero-order valence-corrected chi connectivity index (χ0v) is 19.2. The minimum Gasteiger partial charge on any atom is -0.453 e. The predicted octanol–water partition coefficient (Wildman–Crippen LogP) is 5.19. The molecular weight excluding hydrogens is 524 g/mol. The van der Waals surface area contributed by atoms with Crippen LogP contribution in [0.3, 0.4) is 0 Å². The van der Waals surface area contributed by atoms with Gasteiger partial charge in [-0.15, -0.1) is 0 Å². The molecule has 5 aromatic rings. The van der Waals surface area contributed by atoms with E-state index in [0.29, 0.717) is 21.3 Å². The first-order chi connectivity index (χ1) is 16.9. The lowest BCUT2D eigenvalue weighted by Crippen LogP contribution is -2.25. The summed E-state index contributed by atoms with van der Waals surface area (Å²) in [7, 11) is 0. The molecule has 5 rings (SSSR count). The maximum Gasteiger partial charge on any atom is 0.280 e. The van der Waals surface area contributed by atoms with Crippen molar-refractivity contribution in [3.05, 3.63) is 105 Å². The van der Waals surface area contributed by atoms with Crippen molar-refractivity contribution in [2.75, 3.05) is 5.32 Å². The van der Waals surface area contributed by atoms with Crippen LogP contribution < -0.4 is 15.5 Å². The number of benzene rings is 2. The molecule has 0 radical (unpaired) electrons. The van der Waals surface area contributed by atoms with Gasteiger partial charge in [-0.1, -0.05) is 15.9 Å². The highest BCUT2D eigenvalue weighted by Gasteiger charge is 2.17. The van der Waals surface area contributed by atoms with Gasteiger partial charge < -0.3 is 15.0 Å². The number of amides is 1. The highest BCUT2D eigenvalue weighted by atomic mass is 79.9. The Morgan fingerprint density at radius 3 is 2.69 bits per heavy atom. The quantitative estimate of drug-likeness (QED) is 0.321. The van der Waals surface area contributed by atoms with Crippen LogP contribution in [0, 0.1) is 11.6 Å². The third-order valence-corrected chi connectivity index (χ3v) is 5.50. The third-order valence-electron chi connectivity index (χ3n) is 5.01. The largest absolute Gasteiger partial charge is 0.453 e. The van der Waals surface area contributed by atoms with E-state index in [1.54, 1.807) is 24.4 Å². The summed E-state index contributed by atoms with van der Waals surface area (Å²) in [5.41, 5.74) is -0.446. The minimum atomic E-state index is -0.877. The maximum absolute atomic E-state index is 14.7. The number of ether oxygens (including phenoxy) is 1. The van der Waals surface area contributed by atoms with Gasteiger partial charge >= 0.3 is 0 Å². The molecule has 35 heavy (non-hydrogen) atoms. The molecule has 0 spiro atoms. The van der Waals surface area contributed by atoms with Gasteiger partial charge in [0.05, 0.1) is 5.39 Å². The van der Waals surface area contributed by atoms with Gasteiger partial charge in [-0.3, -0.25) is 9.59 Å². The highest BCUT2D eigenvalue weighted by molar-refractivity contribution is 9.10. The van der Waals surface area contributed by atoms with Crippen molar-refractivity contribution in [1.82, 2.24) is 19.7 Å². The molecule has 3 heterocycles. The van der Waals surface area contributed by atoms with Crippen molar-refractivity contribution in [3.63, 3.8) is 0 Å². The molecule has 8 nitrogen and oxygen atoms in total. The van der Waals surface area contributed by atoms with E-state index in [2.05, 4.69) is 36.3 Å². The maximum atomic E-state index is 14.7. The first kappa shape index (κ1) is 22.4. The number of hydrogen-bond donors (Lipinski definition) is 2. The van der Waals surface area contributed by atoms with Gasteiger partial charge in [-0.05, 0) is 42.5 Å². The molecule has 1 amide bonds. The summed E-state index contributed by atoms with van der Waals surface area (Å²) >= 11 is 3.17. The Morgan fingerprint density at radius 2 is 1.89 bits per heavy atom. The number of aromatic amines is 1. The van der Waals surface area contributed by atoms with E-state index >= 15 is 0 Å². The van der Waals surface area contributed by atoms with E-state index in [4.69, 9.17) is 4.74 Å². The van der Waals surface area contributed by atoms with Crippen LogP contribution in [0.2, 0.25) is 0 Å². The summed E-state index contributed by atoms with van der Waals surface area (Å²) in [5.74, 6) is -1.88. The van der Waals surface area contributed by atoms with Gasteiger partial charge in [0, 0.05) is 40.9 Å². The zero-order valence-electron chi connectivity index (χ0n) is 17.6. The van der Waals surface area contributed by atoms with Gasteiger partial charge in [0.25, 0.3) is 5.91 Å². The van der Waals surface area contributed by atoms with Crippen molar-refractivity contribution in [2.45, 2.75) is 0 Å². The summed E-state index contributed by atoms with van der Waals surface area (Å²) < 4.78 is 36.3. The number of fused-ring (bicyclic) bond motifs is 1. The Bertz CT molecular complexity index is 1650. The van der Waals surface area contributed by atoms with E-state index in [-0.39, 0.29) is 17.1 Å². The summed E-state index contributed by atoms with van der Waals surface area (Å²) in [5, 5.41) is 7.07. The molecular formula is C24H14BrF2N5O3. The van der Waals surface area contributed by atoms with E-state index < -0.39 is 28.7 Å². The summed E-state index contributed by atoms with van der Waals surface area (Å²) in [6.45, 7) is 0. The Hall–Kier alpha value is -4.38. The third kappa shape index (κ3) is 4.53. The topological polar surface area (TPSA) is 102 Å². The first-order valence-corrected chi connectivity index (χ1v) is 10.9. The number of pyridine rings is 1. The van der Waals surface area contributed by atoms with Crippen molar-refractivity contribution in [1.29, 1.82) is 0 Å². The molecule has 0 aliphatic carbocycles. The van der Waals surface area contributed by atoms with Crippen LogP contribution in [0.5, 0.6) is 11.5 Å². The SMILES string of the molecule is O=C(Nc1ccc(Oc2ccnc3[nH]ccc23)c(F)c1)c1nn(-c2ccc(Br)cc2F)ccc1=O. The van der Waals surface area contributed by atoms with Gasteiger partial charge in [0.2, 0.25) is 5.43 Å². The molecule has 0 aliphatic rings. The predicted molar refractivity (Wildman–Crippen MR) is 128 cm³/mol. The second kappa shape index (κ2) is 9.11. The Labute approximate surface area is 204 Å². The Balaban J connectivity index is 1.38. The van der Waals surface area contributed by atoms with Crippen LogP contribution in [-0.4, -0.2) is 25.7 Å². The average Bonchev–Trinajstić information content (AvgIpc) is 3.31. The molecule has 0 aliphatic heterocycles. The number of hydrogen-bond acceptors (Lipinski definition) is 5. The first-order valence-electron chi connectivity index (χ1n) is 10.2. The molecule has 3 aromatic heterocycles. The Kier molecular flexibility index (Phi) is 5.83. The van der Waals surface area contributed by atoms with Gasteiger partial charge in [-0.25, -0.2) is 18.4 Å². The number of anilines is 1. The summed E-state index contributed by atoms with van der Waals surface area (Å²) in [6.07, 6.45) is 4.47. The number of carbonyl (C=O) groups excluding carboxylic acids is 1. The monoisotopic (exact) mass is 537 g/mol. The molecule has 174 valence electrons. The van der Waals surface area contributed by atoms with Gasteiger partial charge in [0.15, 0.2) is 17.3 Å². The van der Waals surface area contributed by atoms with Gasteiger partial charge in [0.1, 0.15) is 22.9 Å². The fraction of sp³-hybridized carbons (Fsp3) is 0. The fourth-order valence-electron chi connectivity index (χ4n) is 3.36. The second-order valence-corrected chi connectivity index (χ2v) is 8.24. The van der Waals surface area contributed by atoms with E-state index in [1.807, 2.05) is 0 Å². The van der Waals surface area contributed by atoms with Crippen LogP contribution in [0.15, 0.2) is 82.5 Å². The molecule has 0 unspecified atom stereocenters. The van der Waals surface area contributed by atoms with Crippen LogP contribution in [-0.2, 0) is 0 Å². The van der Waals surface area contributed by atoms with E-state index in [1.165, 1.54) is 36.7 Å². The lowest BCUT2D eigenvalue weighted by Gasteiger charge is -2.11. The normalized spacial score (nSPS) is 10.9. The molecule has 0 saturated heterocycles. The van der Waals surface area contributed by atoms with Crippen LogP contribution >= 0.6 is 15.9 Å².